The summed E-state index contributed by atoms with van der Waals surface area (Å²) in [6, 6.07) is 98.0. The Bertz CT molecular complexity index is 6080. The molecule has 6 heterocycles. The van der Waals surface area contributed by atoms with Gasteiger partial charge in [-0.25, -0.2) is 9.69 Å². The largest absolute Gasteiger partial charge is 0.329 e. The summed E-state index contributed by atoms with van der Waals surface area (Å²) in [7, 11) is 0. The Morgan fingerprint density at radius 1 is 0.282 bits per heavy atom. The Balaban J connectivity index is 0.960. The summed E-state index contributed by atoms with van der Waals surface area (Å²) in [4.78, 5) is 18.7. The zero-order chi connectivity index (χ0) is 75.9. The summed E-state index contributed by atoms with van der Waals surface area (Å²) < 4.78 is 4.48. The van der Waals surface area contributed by atoms with Gasteiger partial charge in [-0.1, -0.05) is 234 Å². The fourth-order valence-electron chi connectivity index (χ4n) is 18.1. The Morgan fingerprint density at radius 3 is 0.873 bits per heavy atom. The molecule has 10 nitrogen and oxygen atoms in total. The summed E-state index contributed by atoms with van der Waals surface area (Å²) in [5, 5.41) is 27.1. The van der Waals surface area contributed by atoms with Crippen molar-refractivity contribution in [2.24, 2.45) is 0 Å². The van der Waals surface area contributed by atoms with Gasteiger partial charge in [-0.2, -0.15) is 10.5 Å². The van der Waals surface area contributed by atoms with Crippen molar-refractivity contribution >= 4 is 169 Å². The normalized spacial score (nSPS) is 13.5. The zero-order valence-corrected chi connectivity index (χ0v) is 63.9. The van der Waals surface area contributed by atoms with Gasteiger partial charge >= 0.3 is 0 Å². The fourth-order valence-corrected chi connectivity index (χ4v) is 18.1. The maximum atomic E-state index is 11.7. The van der Waals surface area contributed by atoms with Crippen molar-refractivity contribution in [3.8, 4) is 23.5 Å². The number of fused-ring (bicyclic) bond motifs is 14. The van der Waals surface area contributed by atoms with Gasteiger partial charge < -0.3 is 28.7 Å². The van der Waals surface area contributed by atoms with E-state index in [0.717, 1.165) is 178 Å². The van der Waals surface area contributed by atoms with Crippen LogP contribution in [-0.2, 0) is 21.7 Å². The first-order valence-corrected chi connectivity index (χ1v) is 38.0. The second-order valence-corrected chi connectivity index (χ2v) is 34.2. The topological polar surface area (TPSA) is 79.1 Å². The number of anilines is 12. The maximum Gasteiger partial charge on any atom is 0.252 e. The summed E-state index contributed by atoms with van der Waals surface area (Å²) in [6.45, 7) is 44.0. The standard InChI is InChI=1S/C98H78B2N10/c1-95(2,3)61-43-59(57-101)91-71(45-61)72-46-62(96(4,5)6)44-60(58-102)92(72)109(91)69-51-85-89-87(52-69)107(67-35-23-17-24-36-67)83-56-84-78(55-77(83)99(89)75-39-27-29-41-81(75)105(85)65-31-19-15-20-32-65)100-76-40-28-30-42-82(76)106(66-33-21-16-22-34-66)86-53-70(54-88(90(86)100)108(84)68-37-25-18-26-38-68)110-93-73(47-63(97(7,8)9)49-79(93)103-13)74-48-64(98(10,11)12)50-80(104-14)94(74)110/h15-56H,1-12H3. The Morgan fingerprint density at radius 2 is 0.564 bits per heavy atom. The lowest BCUT2D eigenvalue weighted by atomic mass is 9.30. The van der Waals surface area contributed by atoms with E-state index in [1.807, 2.05) is 0 Å². The monoisotopic (exact) mass is 1420 g/mol. The van der Waals surface area contributed by atoms with Gasteiger partial charge in [-0.15, -0.1) is 0 Å². The van der Waals surface area contributed by atoms with E-state index in [1.54, 1.807) is 0 Å². The molecule has 19 rings (SSSR count). The first-order valence-electron chi connectivity index (χ1n) is 38.0. The lowest BCUT2D eigenvalue weighted by molar-refractivity contribution is 0.590. The molecular formula is C98H78B2N10. The van der Waals surface area contributed by atoms with Crippen molar-refractivity contribution in [2.75, 3.05) is 19.6 Å². The molecule has 4 aliphatic heterocycles. The van der Waals surface area contributed by atoms with E-state index in [-0.39, 0.29) is 35.1 Å². The van der Waals surface area contributed by atoms with Crippen LogP contribution in [0.3, 0.4) is 0 Å². The van der Waals surface area contributed by atoms with Crippen LogP contribution in [0.25, 0.3) is 64.7 Å². The lowest BCUT2D eigenvalue weighted by Crippen LogP contribution is -2.65. The molecule has 15 aromatic rings. The van der Waals surface area contributed by atoms with Crippen LogP contribution in [-0.4, -0.2) is 22.6 Å². The van der Waals surface area contributed by atoms with E-state index in [1.165, 1.54) is 0 Å². The minimum Gasteiger partial charge on any atom is -0.329 e. The lowest BCUT2D eigenvalue weighted by Gasteiger charge is -2.47. The van der Waals surface area contributed by atoms with Gasteiger partial charge in [-0.3, -0.25) is 0 Å². The second-order valence-electron chi connectivity index (χ2n) is 34.2. The number of nitrogens with zero attached hydrogens (tertiary/aromatic N) is 10. The maximum absolute atomic E-state index is 11.7. The molecule has 0 aliphatic carbocycles. The fraction of sp³-hybridized carbons (Fsp3) is 0.163. The van der Waals surface area contributed by atoms with Crippen LogP contribution in [0.4, 0.5) is 79.6 Å². The van der Waals surface area contributed by atoms with Crippen molar-refractivity contribution in [2.45, 2.75) is 105 Å². The van der Waals surface area contributed by atoms with Gasteiger partial charge in [0.1, 0.15) is 12.1 Å². The van der Waals surface area contributed by atoms with Crippen LogP contribution < -0.4 is 52.4 Å². The van der Waals surface area contributed by atoms with E-state index < -0.39 is 0 Å². The molecule has 2 aromatic heterocycles. The van der Waals surface area contributed by atoms with Crippen LogP contribution in [0.2, 0.25) is 0 Å². The van der Waals surface area contributed by atoms with Gasteiger partial charge in [0.05, 0.1) is 52.0 Å². The van der Waals surface area contributed by atoms with Crippen molar-refractivity contribution in [3.05, 3.63) is 311 Å². The molecule has 12 heteroatoms. The van der Waals surface area contributed by atoms with E-state index in [4.69, 9.17) is 13.1 Å². The molecule has 0 saturated heterocycles. The Labute approximate surface area is 644 Å². The number of rotatable bonds is 6. The molecule has 13 aromatic carbocycles. The minimum atomic E-state index is -0.328. The molecule has 0 bridgehead atoms. The first-order chi connectivity index (χ1) is 52.9. The molecule has 0 amide bonds. The molecule has 4 aliphatic rings. The molecule has 0 spiro atoms. The van der Waals surface area contributed by atoms with Crippen LogP contribution in [0, 0.1) is 35.8 Å². The van der Waals surface area contributed by atoms with E-state index in [2.05, 4.69) is 388 Å². The number of benzene rings is 13. The third-order valence-corrected chi connectivity index (χ3v) is 23.4. The molecule has 0 N–H and O–H groups in total. The Hall–Kier alpha value is -13.3. The highest BCUT2D eigenvalue weighted by Gasteiger charge is 2.49. The molecule has 0 saturated carbocycles. The quantitative estimate of drug-likeness (QED) is 0.122. The molecule has 110 heavy (non-hydrogen) atoms. The number of para-hydroxylation sites is 6. The SMILES string of the molecule is [C-]#[N+]c1cc(C(C)(C)C)cc2c3cc(C(C)(C)C)cc([N+]#[C-])c3n(-c3cc4c5c(c3)N(c3ccccc3)c3cc6c(cc3B5c3ccccc3N4c3ccccc3)B3c4ccccc4N(c4ccccc4)c4cc(-n5c7c(C#N)cc(C(C)(C)C)cc7c7cc(C(C)(C)C)cc(C#N)c75)cc(c43)N6c3ccccc3)c12. The first kappa shape index (κ1) is 67.4. The van der Waals surface area contributed by atoms with Crippen molar-refractivity contribution in [1.82, 2.24) is 9.13 Å². The van der Waals surface area contributed by atoms with Gasteiger partial charge in [0.15, 0.2) is 0 Å². The zero-order valence-electron chi connectivity index (χ0n) is 63.9. The summed E-state index contributed by atoms with van der Waals surface area (Å²) in [6.07, 6.45) is 0. The smallest absolute Gasteiger partial charge is 0.252 e. The van der Waals surface area contributed by atoms with Gasteiger partial charge in [-0.05, 0) is 192 Å². The van der Waals surface area contributed by atoms with Crippen molar-refractivity contribution < 1.29 is 0 Å². The number of hydrogen-bond acceptors (Lipinski definition) is 6. The number of hydrogen-bond donors (Lipinski definition) is 0. The van der Waals surface area contributed by atoms with E-state index >= 15 is 0 Å². The Kier molecular flexibility index (Phi) is 14.8. The van der Waals surface area contributed by atoms with E-state index in [0.29, 0.717) is 22.5 Å². The predicted octanol–water partition coefficient (Wildman–Crippen LogP) is 22.1. The molecule has 0 fully saturated rings. The van der Waals surface area contributed by atoms with Gasteiger partial charge in [0.25, 0.3) is 13.4 Å². The van der Waals surface area contributed by atoms with Crippen LogP contribution in [0.1, 0.15) is 116 Å². The highest BCUT2D eigenvalue weighted by atomic mass is 15.2. The summed E-state index contributed by atoms with van der Waals surface area (Å²) >= 11 is 0. The van der Waals surface area contributed by atoms with Gasteiger partial charge in [0, 0.05) is 84.7 Å². The van der Waals surface area contributed by atoms with Crippen LogP contribution >= 0.6 is 0 Å². The molecule has 526 valence electrons. The van der Waals surface area contributed by atoms with Crippen molar-refractivity contribution in [3.63, 3.8) is 0 Å². The van der Waals surface area contributed by atoms with Crippen LogP contribution in [0.5, 0.6) is 0 Å². The molecule has 0 unspecified atom stereocenters. The van der Waals surface area contributed by atoms with E-state index in [9.17, 15) is 10.5 Å². The van der Waals surface area contributed by atoms with Crippen LogP contribution in [0.15, 0.2) is 255 Å². The second kappa shape index (κ2) is 24.1. The predicted molar refractivity (Wildman–Crippen MR) is 460 cm³/mol. The highest BCUT2D eigenvalue weighted by Crippen LogP contribution is 2.54. The van der Waals surface area contributed by atoms with Gasteiger partial charge in [0.2, 0.25) is 11.4 Å². The third-order valence-electron chi connectivity index (χ3n) is 23.4. The highest BCUT2D eigenvalue weighted by molar-refractivity contribution is 7.03. The summed E-state index contributed by atoms with van der Waals surface area (Å²) in [5.41, 5.74) is 28.4. The molecule has 0 radical (unpaired) electrons. The number of aromatic nitrogens is 2. The average Bonchev–Trinajstić information content (AvgIpc) is 0.738. The third kappa shape index (κ3) is 9.99. The van der Waals surface area contributed by atoms with Crippen molar-refractivity contribution in [1.29, 1.82) is 10.5 Å². The minimum absolute atomic E-state index is 0.292. The summed E-state index contributed by atoms with van der Waals surface area (Å²) in [5.74, 6) is 0. The molecular weight excluding hydrogens is 1340 g/mol. The average molecular weight is 1420 g/mol. The molecule has 0 atom stereocenters. The number of nitriles is 2.